The quantitative estimate of drug-likeness (QED) is 0.834. The summed E-state index contributed by atoms with van der Waals surface area (Å²) in [7, 11) is 0. The van der Waals surface area contributed by atoms with E-state index < -0.39 is 25.0 Å². The first kappa shape index (κ1) is 15.7. The van der Waals surface area contributed by atoms with Crippen LogP contribution in [0.3, 0.4) is 0 Å². The highest BCUT2D eigenvalue weighted by Crippen LogP contribution is 2.24. The van der Waals surface area contributed by atoms with Crippen molar-refractivity contribution >= 4 is 10.9 Å². The molecule has 1 heterocycles. The molecule has 1 aromatic heterocycles. The van der Waals surface area contributed by atoms with E-state index in [1.807, 2.05) is 6.07 Å². The van der Waals surface area contributed by atoms with Gasteiger partial charge in [-0.2, -0.15) is 8.78 Å². The average Bonchev–Trinajstić information content (AvgIpc) is 2.46. The van der Waals surface area contributed by atoms with Gasteiger partial charge >= 0.3 is 12.3 Å². The van der Waals surface area contributed by atoms with Gasteiger partial charge in [-0.05, 0) is 23.8 Å². The molecular formula is C14H14F4N2O. The number of alkyl halides is 4. The third kappa shape index (κ3) is 3.89. The molecule has 3 nitrogen and oxygen atoms in total. The fraction of sp³-hybridized carbons (Fsp3) is 0.357. The zero-order valence-corrected chi connectivity index (χ0v) is 11.0. The summed E-state index contributed by atoms with van der Waals surface area (Å²) in [5, 5.41) is 0.850. The Balaban J connectivity index is 1.97. The van der Waals surface area contributed by atoms with Crippen molar-refractivity contribution in [3.05, 3.63) is 42.1 Å². The molecule has 2 rings (SSSR count). The highest BCUT2D eigenvalue weighted by Gasteiger charge is 2.41. The normalized spacial score (nSPS) is 13.8. The lowest BCUT2D eigenvalue weighted by Gasteiger charge is -2.18. The standard InChI is InChI=1S/C14H14F4N2O/c15-13(16)14(17,18)8-21-7-11(19)9-3-4-12-10(6-9)2-1-5-20-12/h1-6,11,13H,7-8,19H2. The molecule has 7 heteroatoms. The van der Waals surface area contributed by atoms with Crippen LogP contribution >= 0.6 is 0 Å². The van der Waals surface area contributed by atoms with E-state index in [0.29, 0.717) is 5.56 Å². The summed E-state index contributed by atoms with van der Waals surface area (Å²) in [6, 6.07) is 8.14. The van der Waals surface area contributed by atoms with Crippen LogP contribution in [0.25, 0.3) is 10.9 Å². The summed E-state index contributed by atoms with van der Waals surface area (Å²) in [6.45, 7) is -1.62. The highest BCUT2D eigenvalue weighted by atomic mass is 19.3. The molecule has 2 aromatic rings. The number of aromatic nitrogens is 1. The van der Waals surface area contributed by atoms with Gasteiger partial charge in [0.2, 0.25) is 0 Å². The van der Waals surface area contributed by atoms with Gasteiger partial charge in [-0.3, -0.25) is 4.98 Å². The third-order valence-electron chi connectivity index (χ3n) is 2.97. The molecule has 0 aliphatic heterocycles. The molecule has 0 aliphatic carbocycles. The maximum absolute atomic E-state index is 12.7. The Hall–Kier alpha value is -1.73. The van der Waals surface area contributed by atoms with Crippen LogP contribution in [0.4, 0.5) is 17.6 Å². The van der Waals surface area contributed by atoms with Crippen LogP contribution in [0.5, 0.6) is 0 Å². The van der Waals surface area contributed by atoms with E-state index in [1.165, 1.54) is 0 Å². The molecule has 21 heavy (non-hydrogen) atoms. The van der Waals surface area contributed by atoms with Gasteiger partial charge in [0, 0.05) is 11.6 Å². The predicted molar refractivity (Wildman–Crippen MR) is 70.4 cm³/mol. The molecule has 1 unspecified atom stereocenters. The van der Waals surface area contributed by atoms with Crippen molar-refractivity contribution in [2.45, 2.75) is 18.4 Å². The van der Waals surface area contributed by atoms with Crippen molar-refractivity contribution in [1.82, 2.24) is 4.98 Å². The molecule has 1 aromatic carbocycles. The van der Waals surface area contributed by atoms with Crippen LogP contribution in [-0.4, -0.2) is 30.5 Å². The molecule has 114 valence electrons. The Morgan fingerprint density at radius 3 is 2.71 bits per heavy atom. The van der Waals surface area contributed by atoms with Crippen LogP contribution in [-0.2, 0) is 4.74 Å². The van der Waals surface area contributed by atoms with Crippen LogP contribution in [0, 0.1) is 0 Å². The average molecular weight is 302 g/mol. The predicted octanol–water partition coefficient (Wildman–Crippen LogP) is 3.15. The molecule has 0 saturated carbocycles. The van der Waals surface area contributed by atoms with Crippen molar-refractivity contribution in [2.75, 3.05) is 13.2 Å². The SMILES string of the molecule is NC(COCC(F)(F)C(F)F)c1ccc2ncccc2c1. The third-order valence-corrected chi connectivity index (χ3v) is 2.97. The number of hydrogen-bond donors (Lipinski definition) is 1. The lowest BCUT2D eigenvalue weighted by atomic mass is 10.1. The van der Waals surface area contributed by atoms with Crippen LogP contribution < -0.4 is 5.73 Å². The largest absolute Gasteiger partial charge is 0.373 e. The Morgan fingerprint density at radius 1 is 1.24 bits per heavy atom. The second kappa shape index (κ2) is 6.36. The topological polar surface area (TPSA) is 48.1 Å². The second-order valence-electron chi connectivity index (χ2n) is 4.64. The van der Waals surface area contributed by atoms with Crippen LogP contribution in [0.1, 0.15) is 11.6 Å². The molecule has 0 fully saturated rings. The summed E-state index contributed by atoms with van der Waals surface area (Å²) in [5.74, 6) is -4.16. The highest BCUT2D eigenvalue weighted by molar-refractivity contribution is 5.79. The Kier molecular flexibility index (Phi) is 4.74. The summed E-state index contributed by atoms with van der Waals surface area (Å²) < 4.78 is 53.9. The lowest BCUT2D eigenvalue weighted by molar-refractivity contribution is -0.166. The first-order valence-electron chi connectivity index (χ1n) is 6.24. The summed E-state index contributed by atoms with van der Waals surface area (Å²) in [4.78, 5) is 4.14. The zero-order chi connectivity index (χ0) is 15.5. The van der Waals surface area contributed by atoms with Crippen molar-refractivity contribution in [3.63, 3.8) is 0 Å². The number of fused-ring (bicyclic) bond motifs is 1. The van der Waals surface area contributed by atoms with Gasteiger partial charge in [0.25, 0.3) is 0 Å². The second-order valence-corrected chi connectivity index (χ2v) is 4.64. The number of benzene rings is 1. The van der Waals surface area contributed by atoms with Gasteiger partial charge in [0.15, 0.2) is 0 Å². The van der Waals surface area contributed by atoms with Gasteiger partial charge < -0.3 is 10.5 Å². The molecule has 1 atom stereocenters. The minimum Gasteiger partial charge on any atom is -0.373 e. The molecule has 2 N–H and O–H groups in total. The number of nitrogens with two attached hydrogens (primary N) is 1. The van der Waals surface area contributed by atoms with Crippen molar-refractivity contribution < 1.29 is 22.3 Å². The Morgan fingerprint density at radius 2 is 2.00 bits per heavy atom. The molecule has 0 aliphatic rings. The molecule has 0 spiro atoms. The number of rotatable bonds is 6. The number of ether oxygens (including phenoxy) is 1. The molecule has 0 bridgehead atoms. The lowest BCUT2D eigenvalue weighted by Crippen LogP contribution is -2.33. The van der Waals surface area contributed by atoms with E-state index in [9.17, 15) is 17.6 Å². The van der Waals surface area contributed by atoms with Gasteiger partial charge in [-0.25, -0.2) is 8.78 Å². The number of nitrogens with zero attached hydrogens (tertiary/aromatic N) is 1. The summed E-state index contributed by atoms with van der Waals surface area (Å²) in [6.07, 6.45) is -2.10. The van der Waals surface area contributed by atoms with E-state index in [2.05, 4.69) is 9.72 Å². The monoisotopic (exact) mass is 302 g/mol. The first-order chi connectivity index (χ1) is 9.90. The van der Waals surface area contributed by atoms with E-state index in [0.717, 1.165) is 10.9 Å². The molecular weight excluding hydrogens is 288 g/mol. The maximum Gasteiger partial charge on any atom is 0.330 e. The fourth-order valence-corrected chi connectivity index (χ4v) is 1.81. The molecule has 0 amide bonds. The minimum atomic E-state index is -4.16. The van der Waals surface area contributed by atoms with E-state index in [1.54, 1.807) is 30.5 Å². The first-order valence-corrected chi connectivity index (χ1v) is 6.24. The fourth-order valence-electron chi connectivity index (χ4n) is 1.81. The number of hydrogen-bond acceptors (Lipinski definition) is 3. The summed E-state index contributed by atoms with van der Waals surface area (Å²) >= 11 is 0. The maximum atomic E-state index is 12.7. The van der Waals surface area contributed by atoms with E-state index in [4.69, 9.17) is 5.73 Å². The van der Waals surface area contributed by atoms with E-state index >= 15 is 0 Å². The van der Waals surface area contributed by atoms with Crippen LogP contribution in [0.2, 0.25) is 0 Å². The number of pyridine rings is 1. The molecule has 0 saturated heterocycles. The van der Waals surface area contributed by atoms with Crippen molar-refractivity contribution in [3.8, 4) is 0 Å². The van der Waals surface area contributed by atoms with Gasteiger partial charge in [0.05, 0.1) is 18.2 Å². The Bertz CT molecular complexity index is 606. The van der Waals surface area contributed by atoms with E-state index in [-0.39, 0.29) is 6.61 Å². The Labute approximate surface area is 118 Å². The van der Waals surface area contributed by atoms with Gasteiger partial charge in [-0.15, -0.1) is 0 Å². The van der Waals surface area contributed by atoms with Gasteiger partial charge in [0.1, 0.15) is 6.61 Å². The van der Waals surface area contributed by atoms with Crippen molar-refractivity contribution in [1.29, 1.82) is 0 Å². The minimum absolute atomic E-state index is 0.270. The molecule has 0 radical (unpaired) electrons. The van der Waals surface area contributed by atoms with Crippen molar-refractivity contribution in [2.24, 2.45) is 5.73 Å². The van der Waals surface area contributed by atoms with Crippen LogP contribution in [0.15, 0.2) is 36.5 Å². The summed E-state index contributed by atoms with van der Waals surface area (Å²) in [5.41, 5.74) is 7.25. The smallest absolute Gasteiger partial charge is 0.330 e. The number of halogens is 4. The zero-order valence-electron chi connectivity index (χ0n) is 11.0. The van der Waals surface area contributed by atoms with Gasteiger partial charge in [-0.1, -0.05) is 12.1 Å².